The third kappa shape index (κ3) is 2.32. The zero-order chi connectivity index (χ0) is 16.7. The van der Waals surface area contributed by atoms with Gasteiger partial charge in [0, 0.05) is 18.5 Å². The fraction of sp³-hybridized carbons (Fsp3) is 0. The molecule has 0 aliphatic rings. The number of fused-ring (bicyclic) bond motifs is 1. The Bertz CT molecular complexity index is 1090. The fourth-order valence-corrected chi connectivity index (χ4v) is 2.15. The molecule has 9 heteroatoms. The van der Waals surface area contributed by atoms with Crippen molar-refractivity contribution in [3.63, 3.8) is 0 Å². The highest BCUT2D eigenvalue weighted by Gasteiger charge is 2.14. The van der Waals surface area contributed by atoms with Crippen LogP contribution in [0.2, 0.25) is 0 Å². The predicted octanol–water partition coefficient (Wildman–Crippen LogP) is 2.11. The summed E-state index contributed by atoms with van der Waals surface area (Å²) in [5.74, 6) is -1.88. The lowest BCUT2D eigenvalue weighted by atomic mass is 10.2. The maximum Gasteiger partial charge on any atom is 0.347 e. The van der Waals surface area contributed by atoms with E-state index in [1.165, 1.54) is 0 Å². The number of aromatic nitrogens is 5. The van der Waals surface area contributed by atoms with Gasteiger partial charge in [-0.25, -0.2) is 23.5 Å². The smallest absolute Gasteiger partial charge is 0.347 e. The summed E-state index contributed by atoms with van der Waals surface area (Å²) in [5, 5.41) is 7.75. The molecule has 118 valence electrons. The lowest BCUT2D eigenvalue weighted by Gasteiger charge is -2.03. The predicted molar refractivity (Wildman–Crippen MR) is 78.3 cm³/mol. The van der Waals surface area contributed by atoms with E-state index in [1.807, 2.05) is 0 Å². The molecule has 0 N–H and O–H groups in total. The molecular formula is C15H7F2N5O2. The van der Waals surface area contributed by atoms with E-state index in [0.717, 1.165) is 12.1 Å². The molecule has 0 unspecified atom stereocenters. The molecule has 0 spiro atoms. The maximum atomic E-state index is 13.3. The standard InChI is InChI=1S/C15H7F2N5O2/c16-9-5-8-12(6-10(9)17)19-14(24-15(8)23)11-1-2-13(21-20-11)22-4-3-18-7-22/h1-7H. The van der Waals surface area contributed by atoms with Crippen LogP contribution in [0.3, 0.4) is 0 Å². The van der Waals surface area contributed by atoms with Gasteiger partial charge in [0.2, 0.25) is 0 Å². The van der Waals surface area contributed by atoms with E-state index in [9.17, 15) is 13.6 Å². The fourth-order valence-electron chi connectivity index (χ4n) is 2.15. The van der Waals surface area contributed by atoms with Crippen molar-refractivity contribution in [1.82, 2.24) is 24.7 Å². The zero-order valence-electron chi connectivity index (χ0n) is 11.8. The van der Waals surface area contributed by atoms with Crippen LogP contribution in [0.25, 0.3) is 28.3 Å². The van der Waals surface area contributed by atoms with Crippen molar-refractivity contribution in [1.29, 1.82) is 0 Å². The second-order valence-corrected chi connectivity index (χ2v) is 4.84. The van der Waals surface area contributed by atoms with E-state index in [2.05, 4.69) is 20.2 Å². The molecule has 7 nitrogen and oxygen atoms in total. The molecule has 0 fully saturated rings. The van der Waals surface area contributed by atoms with Gasteiger partial charge in [-0.15, -0.1) is 10.2 Å². The van der Waals surface area contributed by atoms with Gasteiger partial charge in [-0.1, -0.05) is 0 Å². The Morgan fingerprint density at radius 2 is 1.92 bits per heavy atom. The molecule has 3 aromatic heterocycles. The number of hydrogen-bond acceptors (Lipinski definition) is 6. The molecule has 4 rings (SSSR count). The van der Waals surface area contributed by atoms with Crippen LogP contribution in [0, 0.1) is 11.6 Å². The highest BCUT2D eigenvalue weighted by Crippen LogP contribution is 2.19. The highest BCUT2D eigenvalue weighted by atomic mass is 19.2. The van der Waals surface area contributed by atoms with Crippen molar-refractivity contribution >= 4 is 10.9 Å². The van der Waals surface area contributed by atoms with Crippen LogP contribution >= 0.6 is 0 Å². The van der Waals surface area contributed by atoms with Crippen LogP contribution in [0.4, 0.5) is 8.78 Å². The van der Waals surface area contributed by atoms with Gasteiger partial charge < -0.3 is 4.42 Å². The third-order valence-electron chi connectivity index (χ3n) is 3.31. The summed E-state index contributed by atoms with van der Waals surface area (Å²) >= 11 is 0. The van der Waals surface area contributed by atoms with Crippen LogP contribution in [0.1, 0.15) is 0 Å². The molecule has 0 aliphatic carbocycles. The third-order valence-corrected chi connectivity index (χ3v) is 3.31. The second kappa shape index (κ2) is 5.30. The average molecular weight is 327 g/mol. The Labute approximate surface area is 132 Å². The quantitative estimate of drug-likeness (QED) is 0.560. The largest absolute Gasteiger partial charge is 0.401 e. The summed E-state index contributed by atoms with van der Waals surface area (Å²) in [7, 11) is 0. The van der Waals surface area contributed by atoms with Crippen molar-refractivity contribution in [3.8, 4) is 17.4 Å². The number of rotatable bonds is 2. The summed E-state index contributed by atoms with van der Waals surface area (Å²) in [4.78, 5) is 19.8. The Morgan fingerprint density at radius 1 is 1.08 bits per heavy atom. The molecule has 0 aliphatic heterocycles. The Balaban J connectivity index is 1.81. The minimum absolute atomic E-state index is 0.0272. The van der Waals surface area contributed by atoms with E-state index < -0.39 is 17.3 Å². The van der Waals surface area contributed by atoms with E-state index >= 15 is 0 Å². The van der Waals surface area contributed by atoms with E-state index in [-0.39, 0.29) is 22.5 Å². The lowest BCUT2D eigenvalue weighted by Crippen LogP contribution is -2.06. The monoisotopic (exact) mass is 327 g/mol. The summed E-state index contributed by atoms with van der Waals surface area (Å²) in [5.41, 5.74) is -0.683. The van der Waals surface area contributed by atoms with Crippen LogP contribution in [0.5, 0.6) is 0 Å². The lowest BCUT2D eigenvalue weighted by molar-refractivity contribution is 0.501. The van der Waals surface area contributed by atoms with Crippen molar-refractivity contribution in [3.05, 3.63) is 65.0 Å². The van der Waals surface area contributed by atoms with Gasteiger partial charge in [-0.3, -0.25) is 4.57 Å². The maximum absolute atomic E-state index is 13.3. The van der Waals surface area contributed by atoms with Crippen molar-refractivity contribution in [2.45, 2.75) is 0 Å². The van der Waals surface area contributed by atoms with Crippen molar-refractivity contribution in [2.75, 3.05) is 0 Å². The van der Waals surface area contributed by atoms with E-state index in [1.54, 1.807) is 35.4 Å². The molecule has 0 saturated carbocycles. The minimum Gasteiger partial charge on any atom is -0.401 e. The summed E-state index contributed by atoms with van der Waals surface area (Å²) in [6, 6.07) is 4.75. The molecule has 0 bridgehead atoms. The van der Waals surface area contributed by atoms with Gasteiger partial charge >= 0.3 is 5.63 Å². The zero-order valence-corrected chi connectivity index (χ0v) is 11.8. The minimum atomic E-state index is -1.14. The Kier molecular flexibility index (Phi) is 3.12. The number of benzene rings is 1. The molecule has 0 atom stereocenters. The number of nitrogens with zero attached hydrogens (tertiary/aromatic N) is 5. The summed E-state index contributed by atoms with van der Waals surface area (Å²) < 4.78 is 33.2. The Hall–Kier alpha value is -3.49. The van der Waals surface area contributed by atoms with Gasteiger partial charge in [-0.2, -0.15) is 0 Å². The molecule has 0 radical (unpaired) electrons. The van der Waals surface area contributed by atoms with Gasteiger partial charge in [0.25, 0.3) is 5.89 Å². The van der Waals surface area contributed by atoms with Crippen LogP contribution in [-0.4, -0.2) is 24.7 Å². The first-order valence-corrected chi connectivity index (χ1v) is 6.74. The molecule has 24 heavy (non-hydrogen) atoms. The van der Waals surface area contributed by atoms with Crippen LogP contribution < -0.4 is 5.63 Å². The van der Waals surface area contributed by atoms with Crippen molar-refractivity contribution in [2.24, 2.45) is 0 Å². The van der Waals surface area contributed by atoms with E-state index in [0.29, 0.717) is 5.82 Å². The number of imidazole rings is 1. The highest BCUT2D eigenvalue weighted by molar-refractivity contribution is 5.78. The van der Waals surface area contributed by atoms with Gasteiger partial charge in [0.15, 0.2) is 17.5 Å². The number of halogens is 2. The topological polar surface area (TPSA) is 86.7 Å². The van der Waals surface area contributed by atoms with Gasteiger partial charge in [0.05, 0.1) is 10.9 Å². The van der Waals surface area contributed by atoms with E-state index in [4.69, 9.17) is 4.42 Å². The van der Waals surface area contributed by atoms with Gasteiger partial charge in [0.1, 0.15) is 12.0 Å². The first-order valence-electron chi connectivity index (χ1n) is 6.74. The molecule has 0 saturated heterocycles. The summed E-state index contributed by atoms with van der Waals surface area (Å²) in [6.07, 6.45) is 4.83. The first kappa shape index (κ1) is 14.1. The SMILES string of the molecule is O=c1oc(-c2ccc(-n3ccnc3)nn2)nc2cc(F)c(F)cc12. The summed E-state index contributed by atoms with van der Waals surface area (Å²) in [6.45, 7) is 0. The number of hydrogen-bond donors (Lipinski definition) is 0. The molecule has 1 aromatic carbocycles. The Morgan fingerprint density at radius 3 is 2.62 bits per heavy atom. The molecule has 4 aromatic rings. The first-order chi connectivity index (χ1) is 11.6. The van der Waals surface area contributed by atoms with Crippen LogP contribution in [0.15, 0.2) is 52.2 Å². The normalized spacial score (nSPS) is 11.1. The average Bonchev–Trinajstić information content (AvgIpc) is 3.11. The van der Waals surface area contributed by atoms with Crippen LogP contribution in [-0.2, 0) is 0 Å². The molecular weight excluding hydrogens is 320 g/mol. The van der Waals surface area contributed by atoms with Crippen molar-refractivity contribution < 1.29 is 13.2 Å². The van der Waals surface area contributed by atoms with Gasteiger partial charge in [-0.05, 0) is 18.2 Å². The molecule has 0 amide bonds. The second-order valence-electron chi connectivity index (χ2n) is 4.84. The molecule has 3 heterocycles.